The van der Waals surface area contributed by atoms with Crippen molar-refractivity contribution in [3.05, 3.63) is 29.6 Å². The van der Waals surface area contributed by atoms with E-state index in [1.807, 2.05) is 30.0 Å². The predicted octanol–water partition coefficient (Wildman–Crippen LogP) is 0.687. The summed E-state index contributed by atoms with van der Waals surface area (Å²) in [6.07, 6.45) is 0.429. The quantitative estimate of drug-likeness (QED) is 0.851. The Hall–Kier alpha value is -1.99. The van der Waals surface area contributed by atoms with Gasteiger partial charge in [-0.2, -0.15) is 0 Å². The number of piperazine rings is 1. The SMILES string of the molecule is Cc1cccc(CN2C[C@H](C(=O)O)C[C@H](C(=O)N3CCN(C)CC3)C2)n1. The van der Waals surface area contributed by atoms with Gasteiger partial charge in [0.15, 0.2) is 0 Å². The lowest BCUT2D eigenvalue weighted by Crippen LogP contribution is -2.53. The zero-order valence-electron chi connectivity index (χ0n) is 15.6. The number of carboxylic acids is 1. The van der Waals surface area contributed by atoms with Crippen LogP contribution < -0.4 is 0 Å². The molecule has 0 unspecified atom stereocenters. The molecule has 0 saturated carbocycles. The number of piperidine rings is 1. The van der Waals surface area contributed by atoms with Crippen LogP contribution in [0.15, 0.2) is 18.2 Å². The summed E-state index contributed by atoms with van der Waals surface area (Å²) in [6, 6.07) is 5.86. The van der Waals surface area contributed by atoms with Gasteiger partial charge in [0.05, 0.1) is 17.5 Å². The average Bonchev–Trinajstić information content (AvgIpc) is 2.61. The van der Waals surface area contributed by atoms with Crippen LogP contribution in [0.3, 0.4) is 0 Å². The maximum atomic E-state index is 13.0. The molecule has 2 aliphatic heterocycles. The van der Waals surface area contributed by atoms with Gasteiger partial charge in [0.2, 0.25) is 5.91 Å². The number of aryl methyl sites for hydroxylation is 1. The Kier molecular flexibility index (Phi) is 5.88. The molecule has 26 heavy (non-hydrogen) atoms. The van der Waals surface area contributed by atoms with E-state index in [4.69, 9.17) is 0 Å². The number of nitrogens with zero attached hydrogens (tertiary/aromatic N) is 4. The molecule has 0 radical (unpaired) electrons. The molecule has 2 saturated heterocycles. The van der Waals surface area contributed by atoms with Crippen molar-refractivity contribution in [2.75, 3.05) is 46.3 Å². The number of aromatic nitrogens is 1. The molecule has 2 atom stereocenters. The molecule has 1 aromatic rings. The number of hydrogen-bond donors (Lipinski definition) is 1. The Morgan fingerprint density at radius 1 is 1.15 bits per heavy atom. The number of hydrogen-bond acceptors (Lipinski definition) is 5. The summed E-state index contributed by atoms with van der Waals surface area (Å²) < 4.78 is 0. The molecule has 0 aromatic carbocycles. The summed E-state index contributed by atoms with van der Waals surface area (Å²) in [7, 11) is 2.06. The van der Waals surface area contributed by atoms with Gasteiger partial charge in [0.1, 0.15) is 0 Å². The second kappa shape index (κ2) is 8.14. The third kappa shape index (κ3) is 4.59. The van der Waals surface area contributed by atoms with E-state index in [-0.39, 0.29) is 11.8 Å². The van der Waals surface area contributed by atoms with E-state index in [2.05, 4.69) is 21.8 Å². The first kappa shape index (κ1) is 18.8. The molecule has 0 spiro atoms. The van der Waals surface area contributed by atoms with E-state index < -0.39 is 11.9 Å². The van der Waals surface area contributed by atoms with Crippen LogP contribution in [0.1, 0.15) is 17.8 Å². The largest absolute Gasteiger partial charge is 0.481 e. The molecule has 142 valence electrons. The molecule has 2 aliphatic rings. The third-order valence-electron chi connectivity index (χ3n) is 5.37. The zero-order chi connectivity index (χ0) is 18.7. The van der Waals surface area contributed by atoms with E-state index in [9.17, 15) is 14.7 Å². The number of carbonyl (C=O) groups excluding carboxylic acids is 1. The normalized spacial score (nSPS) is 25.2. The Bertz CT molecular complexity index is 658. The predicted molar refractivity (Wildman–Crippen MR) is 97.6 cm³/mol. The molecule has 1 amide bonds. The highest BCUT2D eigenvalue weighted by atomic mass is 16.4. The van der Waals surface area contributed by atoms with E-state index >= 15 is 0 Å². The lowest BCUT2D eigenvalue weighted by atomic mass is 9.88. The molecule has 7 heteroatoms. The van der Waals surface area contributed by atoms with Gasteiger partial charge in [0, 0.05) is 51.5 Å². The monoisotopic (exact) mass is 360 g/mol. The first-order valence-corrected chi connectivity index (χ1v) is 9.27. The number of likely N-dealkylation sites (N-methyl/N-ethyl adjacent to an activating group) is 1. The van der Waals surface area contributed by atoms with Crippen LogP contribution in [0.4, 0.5) is 0 Å². The van der Waals surface area contributed by atoms with Gasteiger partial charge in [-0.15, -0.1) is 0 Å². The molecule has 3 heterocycles. The van der Waals surface area contributed by atoms with Crippen LogP contribution in [0.5, 0.6) is 0 Å². The molecule has 1 aromatic heterocycles. The lowest BCUT2D eigenvalue weighted by molar-refractivity contribution is -0.148. The minimum atomic E-state index is -0.817. The van der Waals surface area contributed by atoms with Crippen molar-refractivity contribution in [2.45, 2.75) is 19.9 Å². The fraction of sp³-hybridized carbons (Fsp3) is 0.632. The fourth-order valence-corrected chi connectivity index (χ4v) is 3.88. The van der Waals surface area contributed by atoms with Gasteiger partial charge in [-0.3, -0.25) is 19.5 Å². The van der Waals surface area contributed by atoms with Crippen LogP contribution in [-0.2, 0) is 16.1 Å². The van der Waals surface area contributed by atoms with Crippen molar-refractivity contribution in [3.8, 4) is 0 Å². The fourth-order valence-electron chi connectivity index (χ4n) is 3.88. The first-order valence-electron chi connectivity index (χ1n) is 9.27. The van der Waals surface area contributed by atoms with Gasteiger partial charge in [-0.05, 0) is 32.5 Å². The summed E-state index contributed by atoms with van der Waals surface area (Å²) in [5.41, 5.74) is 1.86. The zero-order valence-corrected chi connectivity index (χ0v) is 15.6. The van der Waals surface area contributed by atoms with E-state index in [0.29, 0.717) is 26.1 Å². The van der Waals surface area contributed by atoms with Crippen molar-refractivity contribution in [1.29, 1.82) is 0 Å². The molecule has 1 N–H and O–H groups in total. The summed E-state index contributed by atoms with van der Waals surface area (Å²) in [5, 5.41) is 9.54. The number of aliphatic carboxylic acids is 1. The maximum Gasteiger partial charge on any atom is 0.307 e. The number of carboxylic acid groups (broad SMARTS) is 1. The number of pyridine rings is 1. The number of rotatable bonds is 4. The van der Waals surface area contributed by atoms with Crippen molar-refractivity contribution in [1.82, 2.24) is 19.7 Å². The van der Waals surface area contributed by atoms with Crippen LogP contribution in [0, 0.1) is 18.8 Å². The minimum absolute atomic E-state index is 0.103. The highest BCUT2D eigenvalue weighted by Crippen LogP contribution is 2.25. The molecular weight excluding hydrogens is 332 g/mol. The topological polar surface area (TPSA) is 77.0 Å². The Morgan fingerprint density at radius 3 is 2.50 bits per heavy atom. The number of likely N-dealkylation sites (tertiary alicyclic amines) is 1. The lowest BCUT2D eigenvalue weighted by Gasteiger charge is -2.39. The van der Waals surface area contributed by atoms with E-state index in [1.54, 1.807) is 0 Å². The maximum absolute atomic E-state index is 13.0. The van der Waals surface area contributed by atoms with E-state index in [1.165, 1.54) is 0 Å². The second-order valence-electron chi connectivity index (χ2n) is 7.56. The first-order chi connectivity index (χ1) is 12.4. The molecular formula is C19H28N4O3. The standard InChI is InChI=1S/C19H28N4O3/c1-14-4-3-5-17(20-14)13-22-11-15(10-16(12-22)19(25)26)18(24)23-8-6-21(2)7-9-23/h3-5,15-16H,6-13H2,1-2H3,(H,25,26)/t15-,16+/m0/s1. The molecule has 0 aliphatic carbocycles. The highest BCUT2D eigenvalue weighted by molar-refractivity contribution is 5.80. The third-order valence-corrected chi connectivity index (χ3v) is 5.37. The molecule has 0 bridgehead atoms. The van der Waals surface area contributed by atoms with Crippen molar-refractivity contribution < 1.29 is 14.7 Å². The molecule has 2 fully saturated rings. The van der Waals surface area contributed by atoms with Gasteiger partial charge >= 0.3 is 5.97 Å². The average molecular weight is 360 g/mol. The molecule has 7 nitrogen and oxygen atoms in total. The van der Waals surface area contributed by atoms with Gasteiger partial charge in [-0.25, -0.2) is 0 Å². The van der Waals surface area contributed by atoms with Crippen molar-refractivity contribution in [2.24, 2.45) is 11.8 Å². The van der Waals surface area contributed by atoms with Crippen molar-refractivity contribution >= 4 is 11.9 Å². The minimum Gasteiger partial charge on any atom is -0.481 e. The number of carbonyl (C=O) groups is 2. The van der Waals surface area contributed by atoms with Gasteiger partial charge < -0.3 is 14.9 Å². The summed E-state index contributed by atoms with van der Waals surface area (Å²) in [5.74, 6) is -1.47. The van der Waals surface area contributed by atoms with E-state index in [0.717, 1.165) is 37.6 Å². The van der Waals surface area contributed by atoms with Crippen molar-refractivity contribution in [3.63, 3.8) is 0 Å². The van der Waals surface area contributed by atoms with Crippen LogP contribution in [0.25, 0.3) is 0 Å². The number of amides is 1. The summed E-state index contributed by atoms with van der Waals surface area (Å²) >= 11 is 0. The van der Waals surface area contributed by atoms with Crippen LogP contribution in [0.2, 0.25) is 0 Å². The summed E-state index contributed by atoms with van der Waals surface area (Å²) in [4.78, 5) is 35.3. The highest BCUT2D eigenvalue weighted by Gasteiger charge is 2.37. The van der Waals surface area contributed by atoms with Gasteiger partial charge in [0.25, 0.3) is 0 Å². The molecule has 3 rings (SSSR count). The Balaban J connectivity index is 1.69. The smallest absolute Gasteiger partial charge is 0.307 e. The van der Waals surface area contributed by atoms with Crippen LogP contribution >= 0.6 is 0 Å². The second-order valence-corrected chi connectivity index (χ2v) is 7.56. The summed E-state index contributed by atoms with van der Waals surface area (Å²) in [6.45, 7) is 6.79. The Morgan fingerprint density at radius 2 is 1.85 bits per heavy atom. The van der Waals surface area contributed by atoms with Crippen LogP contribution in [-0.4, -0.2) is 83.0 Å². The Labute approximate surface area is 154 Å². The van der Waals surface area contributed by atoms with Gasteiger partial charge in [-0.1, -0.05) is 6.07 Å².